The summed E-state index contributed by atoms with van der Waals surface area (Å²) in [5, 5.41) is 32.9. The lowest BCUT2D eigenvalue weighted by atomic mass is 9.87. The van der Waals surface area contributed by atoms with Crippen molar-refractivity contribution in [2.24, 2.45) is 0 Å². The number of nitrogens with one attached hydrogen (secondary N) is 1. The zero-order valence-electron chi connectivity index (χ0n) is 22.5. The van der Waals surface area contributed by atoms with Gasteiger partial charge in [-0.3, -0.25) is 9.59 Å². The number of ether oxygens (including phenoxy) is 3. The van der Waals surface area contributed by atoms with E-state index in [1.807, 2.05) is 0 Å². The van der Waals surface area contributed by atoms with Crippen molar-refractivity contribution in [2.45, 2.75) is 70.3 Å². The van der Waals surface area contributed by atoms with Gasteiger partial charge in [-0.15, -0.1) is 0 Å². The van der Waals surface area contributed by atoms with Crippen LogP contribution < -0.4 is 14.8 Å². The number of aliphatic hydroxyl groups excluding tert-OH is 3. The number of amides is 2. The molecule has 0 fully saturated rings. The van der Waals surface area contributed by atoms with E-state index in [9.17, 15) is 24.9 Å². The van der Waals surface area contributed by atoms with Gasteiger partial charge < -0.3 is 39.7 Å². The Labute approximate surface area is 238 Å². The lowest BCUT2D eigenvalue weighted by Crippen LogP contribution is -2.55. The lowest BCUT2D eigenvalue weighted by Gasteiger charge is -2.41. The quantitative estimate of drug-likeness (QED) is 0.158. The highest BCUT2D eigenvalue weighted by molar-refractivity contribution is 14.1. The van der Waals surface area contributed by atoms with Crippen LogP contribution >= 0.6 is 22.6 Å². The van der Waals surface area contributed by atoms with E-state index in [1.54, 1.807) is 23.1 Å². The second-order valence-corrected chi connectivity index (χ2v) is 10.3. The molecule has 2 amide bonds. The number of rotatable bonds is 16. The largest absolute Gasteiger partial charge is 0.493 e. The zero-order valence-corrected chi connectivity index (χ0v) is 24.6. The Bertz CT molecular complexity index is 942. The number of unbranched alkanes of at least 4 members (excludes halogenated alkanes) is 3. The summed E-state index contributed by atoms with van der Waals surface area (Å²) in [7, 11) is 3.01. The molecule has 11 heteroatoms. The first kappa shape index (κ1) is 32.3. The molecule has 2 rings (SSSR count). The number of nitrogens with zero attached hydrogens (tertiary/aromatic N) is 1. The van der Waals surface area contributed by atoms with Gasteiger partial charge in [0.25, 0.3) is 0 Å². The maximum absolute atomic E-state index is 13.2. The predicted octanol–water partition coefficient (Wildman–Crippen LogP) is 2.15. The van der Waals surface area contributed by atoms with Gasteiger partial charge in [0.05, 0.1) is 43.0 Å². The molecule has 0 radical (unpaired) electrons. The third-order valence-electron chi connectivity index (χ3n) is 6.43. The van der Waals surface area contributed by atoms with E-state index >= 15 is 0 Å². The highest BCUT2D eigenvalue weighted by Gasteiger charge is 2.40. The van der Waals surface area contributed by atoms with Crippen LogP contribution in [0.4, 0.5) is 0 Å². The molecule has 38 heavy (non-hydrogen) atoms. The van der Waals surface area contributed by atoms with Gasteiger partial charge in [-0.2, -0.15) is 0 Å². The van der Waals surface area contributed by atoms with Crippen molar-refractivity contribution >= 4 is 34.4 Å². The van der Waals surface area contributed by atoms with Crippen LogP contribution in [-0.2, 0) is 20.9 Å². The first-order valence-corrected chi connectivity index (χ1v) is 14.1. The molecule has 0 heterocycles. The van der Waals surface area contributed by atoms with Crippen molar-refractivity contribution in [1.82, 2.24) is 10.2 Å². The third-order valence-corrected chi connectivity index (χ3v) is 7.23. The van der Waals surface area contributed by atoms with E-state index in [1.165, 1.54) is 14.2 Å². The third kappa shape index (κ3) is 9.08. The first-order chi connectivity index (χ1) is 18.3. The molecule has 3 unspecified atom stereocenters. The molecule has 0 spiro atoms. The smallest absolute Gasteiger partial charge is 0.247 e. The van der Waals surface area contributed by atoms with Crippen molar-refractivity contribution in [3.05, 3.63) is 32.9 Å². The summed E-state index contributed by atoms with van der Waals surface area (Å²) >= 11 is 2.07. The van der Waals surface area contributed by atoms with E-state index in [0.717, 1.165) is 25.7 Å². The Morgan fingerprint density at radius 3 is 2.58 bits per heavy atom. The molecule has 0 saturated carbocycles. The number of benzene rings is 1. The van der Waals surface area contributed by atoms with Crippen molar-refractivity contribution in [1.29, 1.82) is 0 Å². The van der Waals surface area contributed by atoms with E-state index in [4.69, 9.17) is 14.2 Å². The summed E-state index contributed by atoms with van der Waals surface area (Å²) in [5.41, 5.74) is 1.00. The van der Waals surface area contributed by atoms with Gasteiger partial charge in [-0.25, -0.2) is 0 Å². The molecule has 10 nitrogen and oxygen atoms in total. The van der Waals surface area contributed by atoms with Crippen LogP contribution in [0.3, 0.4) is 0 Å². The van der Waals surface area contributed by atoms with Crippen LogP contribution in [0.15, 0.2) is 23.8 Å². The number of carbonyl (C=O) groups excluding carboxylic acids is 2. The topological polar surface area (TPSA) is 138 Å². The SMILES string of the molecule is CCCCCCN(C(=O)CCOC)C1CC(C(=O)NCCO)=CC(Oc2c(I)cc(CO)cc2OC)C1O. The second-order valence-electron chi connectivity index (χ2n) is 9.17. The fraction of sp³-hybridized carbons (Fsp3) is 0.630. The summed E-state index contributed by atoms with van der Waals surface area (Å²) in [6.45, 7) is 2.49. The normalized spacial score (nSPS) is 19.0. The Morgan fingerprint density at radius 1 is 1.18 bits per heavy atom. The number of carbonyl (C=O) groups is 2. The van der Waals surface area contributed by atoms with Crippen molar-refractivity contribution in [3.63, 3.8) is 0 Å². The van der Waals surface area contributed by atoms with Gasteiger partial charge in [0.15, 0.2) is 11.5 Å². The molecular formula is C27H41IN2O8. The number of hydrogen-bond acceptors (Lipinski definition) is 8. The summed E-state index contributed by atoms with van der Waals surface area (Å²) in [5.74, 6) is 0.184. The van der Waals surface area contributed by atoms with Gasteiger partial charge in [0.1, 0.15) is 12.2 Å². The molecule has 0 bridgehead atoms. The van der Waals surface area contributed by atoms with Gasteiger partial charge >= 0.3 is 0 Å². The molecule has 0 aromatic heterocycles. The first-order valence-electron chi connectivity index (χ1n) is 13.0. The van der Waals surface area contributed by atoms with Crippen LogP contribution in [0.25, 0.3) is 0 Å². The van der Waals surface area contributed by atoms with E-state index < -0.39 is 24.2 Å². The Kier molecular flexibility index (Phi) is 14.4. The monoisotopic (exact) mass is 648 g/mol. The van der Waals surface area contributed by atoms with Crippen LogP contribution in [0.2, 0.25) is 0 Å². The van der Waals surface area contributed by atoms with Crippen molar-refractivity contribution < 1.29 is 39.1 Å². The highest BCUT2D eigenvalue weighted by atomic mass is 127. The minimum Gasteiger partial charge on any atom is -0.493 e. The second kappa shape index (κ2) is 16.9. The fourth-order valence-electron chi connectivity index (χ4n) is 4.41. The van der Waals surface area contributed by atoms with Gasteiger partial charge in [-0.05, 0) is 52.8 Å². The summed E-state index contributed by atoms with van der Waals surface area (Å²) in [6, 6.07) is 2.70. The average molecular weight is 649 g/mol. The van der Waals surface area contributed by atoms with Crippen LogP contribution in [-0.4, -0.2) is 90.8 Å². The molecule has 0 aliphatic heterocycles. The molecule has 1 aliphatic rings. The van der Waals surface area contributed by atoms with Crippen LogP contribution in [0.1, 0.15) is 51.0 Å². The predicted molar refractivity (Wildman–Crippen MR) is 151 cm³/mol. The maximum atomic E-state index is 13.2. The molecule has 0 saturated heterocycles. The van der Waals surface area contributed by atoms with Gasteiger partial charge in [-0.1, -0.05) is 26.2 Å². The Hall–Kier alpha value is -1.93. The molecule has 4 N–H and O–H groups in total. The molecule has 214 valence electrons. The van der Waals surface area contributed by atoms with Crippen molar-refractivity contribution in [3.8, 4) is 11.5 Å². The maximum Gasteiger partial charge on any atom is 0.247 e. The molecule has 1 aromatic carbocycles. The minimum atomic E-state index is -1.12. The van der Waals surface area contributed by atoms with Crippen LogP contribution in [0.5, 0.6) is 11.5 Å². The number of halogens is 1. The fourth-order valence-corrected chi connectivity index (χ4v) is 5.20. The van der Waals surface area contributed by atoms with Crippen molar-refractivity contribution in [2.75, 3.05) is 40.5 Å². The molecule has 3 atom stereocenters. The molecule has 1 aliphatic carbocycles. The lowest BCUT2D eigenvalue weighted by molar-refractivity contribution is -0.139. The number of aliphatic hydroxyl groups is 3. The van der Waals surface area contributed by atoms with E-state index in [0.29, 0.717) is 32.8 Å². The van der Waals surface area contributed by atoms with Gasteiger partial charge in [0.2, 0.25) is 11.8 Å². The number of methoxy groups -OCH3 is 2. The highest BCUT2D eigenvalue weighted by Crippen LogP contribution is 2.37. The van der Waals surface area contributed by atoms with Crippen LogP contribution in [0, 0.1) is 3.57 Å². The Balaban J connectivity index is 2.45. The van der Waals surface area contributed by atoms with E-state index in [-0.39, 0.29) is 45.1 Å². The molecular weight excluding hydrogens is 607 g/mol. The summed E-state index contributed by atoms with van der Waals surface area (Å²) < 4.78 is 17.5. The van der Waals surface area contributed by atoms with E-state index in [2.05, 4.69) is 34.8 Å². The summed E-state index contributed by atoms with van der Waals surface area (Å²) in [4.78, 5) is 27.8. The summed E-state index contributed by atoms with van der Waals surface area (Å²) in [6.07, 6.45) is 3.58. The average Bonchev–Trinajstić information content (AvgIpc) is 2.92. The standard InChI is InChI=1S/C27H41IN2O8/c1-4-5-6-7-10-30(24(33)8-12-36-2)21-15-19(27(35)29-9-11-31)16-22(25(21)34)38-26-20(28)13-18(17-32)14-23(26)37-3/h13-14,16,21-22,25,31-32,34H,4-12,15,17H2,1-3H3,(H,29,35). The minimum absolute atomic E-state index is 0.0801. The Morgan fingerprint density at radius 2 is 1.95 bits per heavy atom. The molecule has 1 aromatic rings. The van der Waals surface area contributed by atoms with Gasteiger partial charge in [0, 0.05) is 32.2 Å². The number of hydrogen-bond donors (Lipinski definition) is 4. The zero-order chi connectivity index (χ0) is 28.1.